The Morgan fingerprint density at radius 3 is 2.71 bits per heavy atom. The lowest BCUT2D eigenvalue weighted by Crippen LogP contribution is -1.97. The van der Waals surface area contributed by atoms with Gasteiger partial charge in [0, 0.05) is 23.4 Å². The number of hydrogen-bond donors (Lipinski definition) is 0. The average Bonchev–Trinajstić information content (AvgIpc) is 2.76. The van der Waals surface area contributed by atoms with Gasteiger partial charge in [0.05, 0.1) is 17.5 Å². The monoisotopic (exact) mass is 327 g/mol. The summed E-state index contributed by atoms with van der Waals surface area (Å²) in [6, 6.07) is 5.46. The first kappa shape index (κ1) is 15.9. The van der Waals surface area contributed by atoms with E-state index in [2.05, 4.69) is 6.58 Å². The van der Waals surface area contributed by atoms with E-state index in [1.54, 1.807) is 12.3 Å². The summed E-state index contributed by atoms with van der Waals surface area (Å²) in [6.45, 7) is 8.77. The molecule has 0 radical (unpaired) electrons. The van der Waals surface area contributed by atoms with Gasteiger partial charge < -0.3 is 9.30 Å². The summed E-state index contributed by atoms with van der Waals surface area (Å²) in [6.07, 6.45) is 2.34. The molecule has 2 aromatic rings. The van der Waals surface area contributed by atoms with Gasteiger partial charge in [-0.3, -0.25) is 0 Å². The van der Waals surface area contributed by atoms with Crippen LogP contribution in [0, 0.1) is 0 Å². The zero-order valence-corrected chi connectivity index (χ0v) is 13.7. The van der Waals surface area contributed by atoms with Crippen molar-refractivity contribution in [3.63, 3.8) is 0 Å². The molecular formula is C15H18ClNO3S. The Morgan fingerprint density at radius 2 is 2.14 bits per heavy atom. The van der Waals surface area contributed by atoms with Gasteiger partial charge in [-0.05, 0) is 32.4 Å². The number of ether oxygens (including phenoxy) is 1. The third-order valence-electron chi connectivity index (χ3n) is 3.18. The number of halogens is 1. The summed E-state index contributed by atoms with van der Waals surface area (Å²) in [5.41, 5.74) is 1.83. The summed E-state index contributed by atoms with van der Waals surface area (Å²) in [4.78, 5) is 0.0879. The Kier molecular flexibility index (Phi) is 4.64. The molecule has 4 nitrogen and oxygen atoms in total. The van der Waals surface area contributed by atoms with Crippen LogP contribution < -0.4 is 4.74 Å². The van der Waals surface area contributed by atoms with Crippen LogP contribution in [0.2, 0.25) is 0 Å². The van der Waals surface area contributed by atoms with Crippen LogP contribution in [0.4, 0.5) is 0 Å². The van der Waals surface area contributed by atoms with E-state index in [1.807, 2.05) is 30.5 Å². The maximum atomic E-state index is 11.8. The van der Waals surface area contributed by atoms with Crippen LogP contribution in [0.5, 0.6) is 5.75 Å². The number of fused-ring (bicyclic) bond motifs is 1. The second-order valence-corrected chi connectivity index (χ2v) is 7.45. The molecule has 0 atom stereocenters. The lowest BCUT2D eigenvalue weighted by molar-refractivity contribution is 0.344. The lowest BCUT2D eigenvalue weighted by Gasteiger charge is -2.07. The zero-order chi connectivity index (χ0) is 15.6. The van der Waals surface area contributed by atoms with Crippen molar-refractivity contribution in [3.8, 4) is 5.75 Å². The highest BCUT2D eigenvalue weighted by molar-refractivity contribution is 8.14. The van der Waals surface area contributed by atoms with E-state index in [-0.39, 0.29) is 4.90 Å². The molecule has 1 heterocycles. The summed E-state index contributed by atoms with van der Waals surface area (Å²) < 4.78 is 31.1. The molecule has 0 saturated heterocycles. The van der Waals surface area contributed by atoms with E-state index >= 15 is 0 Å². The van der Waals surface area contributed by atoms with Gasteiger partial charge in [0.1, 0.15) is 10.6 Å². The van der Waals surface area contributed by atoms with Gasteiger partial charge in [0.15, 0.2) is 0 Å². The molecule has 6 heteroatoms. The number of nitrogens with zero attached hydrogens (tertiary/aromatic N) is 1. The highest BCUT2D eigenvalue weighted by atomic mass is 35.7. The van der Waals surface area contributed by atoms with Crippen LogP contribution in [-0.4, -0.2) is 19.6 Å². The minimum absolute atomic E-state index is 0.0879. The highest BCUT2D eigenvalue weighted by Crippen LogP contribution is 2.35. The molecule has 1 aromatic carbocycles. The van der Waals surface area contributed by atoms with Crippen molar-refractivity contribution in [1.29, 1.82) is 0 Å². The first-order valence-electron chi connectivity index (χ1n) is 6.68. The minimum atomic E-state index is -3.84. The Morgan fingerprint density at radius 1 is 1.43 bits per heavy atom. The minimum Gasteiger partial charge on any atom is -0.493 e. The molecule has 0 bridgehead atoms. The largest absolute Gasteiger partial charge is 0.493 e. The number of allylic oxidation sites excluding steroid dienone is 1. The molecule has 0 aliphatic heterocycles. The van der Waals surface area contributed by atoms with E-state index in [1.165, 1.54) is 0 Å². The Bertz CT molecular complexity index is 778. The van der Waals surface area contributed by atoms with Crippen molar-refractivity contribution in [1.82, 2.24) is 4.57 Å². The first-order chi connectivity index (χ1) is 9.84. The van der Waals surface area contributed by atoms with Crippen LogP contribution in [0.1, 0.15) is 20.3 Å². The van der Waals surface area contributed by atoms with Crippen molar-refractivity contribution in [2.45, 2.75) is 31.7 Å². The van der Waals surface area contributed by atoms with Crippen LogP contribution >= 0.6 is 10.7 Å². The fourth-order valence-corrected chi connectivity index (χ4v) is 3.29. The summed E-state index contributed by atoms with van der Waals surface area (Å²) >= 11 is 0. The van der Waals surface area contributed by atoms with E-state index in [9.17, 15) is 8.42 Å². The SMILES string of the molecule is C=C(C)CCn1cc(S(=O)(=O)Cl)c2c(OCC)cccc21. The van der Waals surface area contributed by atoms with E-state index in [0.29, 0.717) is 24.3 Å². The molecular weight excluding hydrogens is 310 g/mol. The molecule has 0 aliphatic carbocycles. The zero-order valence-electron chi connectivity index (χ0n) is 12.1. The second kappa shape index (κ2) is 6.12. The third kappa shape index (κ3) is 3.41. The predicted octanol–water partition coefficient (Wildman–Crippen LogP) is 3.93. The molecule has 1 aromatic heterocycles. The number of rotatable bonds is 6. The van der Waals surface area contributed by atoms with Gasteiger partial charge in [-0.2, -0.15) is 0 Å². The number of aromatic nitrogens is 1. The predicted molar refractivity (Wildman–Crippen MR) is 85.6 cm³/mol. The molecule has 0 fully saturated rings. The second-order valence-electron chi connectivity index (χ2n) is 4.91. The quantitative estimate of drug-likeness (QED) is 0.596. The van der Waals surface area contributed by atoms with E-state index in [4.69, 9.17) is 15.4 Å². The van der Waals surface area contributed by atoms with Crippen molar-refractivity contribution >= 4 is 30.6 Å². The summed E-state index contributed by atoms with van der Waals surface area (Å²) in [5.74, 6) is 0.531. The Hall–Kier alpha value is -1.46. The molecule has 0 saturated carbocycles. The van der Waals surface area contributed by atoms with Crippen LogP contribution in [0.3, 0.4) is 0 Å². The van der Waals surface area contributed by atoms with Crippen LogP contribution in [0.25, 0.3) is 10.9 Å². The van der Waals surface area contributed by atoms with Crippen molar-refractivity contribution in [2.24, 2.45) is 0 Å². The van der Waals surface area contributed by atoms with Crippen molar-refractivity contribution < 1.29 is 13.2 Å². The lowest BCUT2D eigenvalue weighted by atomic mass is 10.2. The van der Waals surface area contributed by atoms with Gasteiger partial charge in [-0.25, -0.2) is 8.42 Å². The van der Waals surface area contributed by atoms with Gasteiger partial charge in [0.25, 0.3) is 9.05 Å². The van der Waals surface area contributed by atoms with Gasteiger partial charge in [-0.1, -0.05) is 11.6 Å². The third-order valence-corrected chi connectivity index (χ3v) is 4.51. The van der Waals surface area contributed by atoms with Crippen LogP contribution in [-0.2, 0) is 15.6 Å². The molecule has 2 rings (SSSR count). The number of aryl methyl sites for hydroxylation is 1. The maximum absolute atomic E-state index is 11.8. The standard InChI is InChI=1S/C15H18ClNO3S/c1-4-20-13-7-5-6-12-15(13)14(21(16,18)19)10-17(12)9-8-11(2)3/h5-7,10H,2,4,8-9H2,1,3H3. The number of hydrogen-bond acceptors (Lipinski definition) is 3. The van der Waals surface area contributed by atoms with Gasteiger partial charge >= 0.3 is 0 Å². The molecule has 0 spiro atoms. The van der Waals surface area contributed by atoms with E-state index < -0.39 is 9.05 Å². The molecule has 114 valence electrons. The fourth-order valence-electron chi connectivity index (χ4n) is 2.24. The topological polar surface area (TPSA) is 48.3 Å². The summed E-state index contributed by atoms with van der Waals surface area (Å²) in [7, 11) is 1.73. The summed E-state index contributed by atoms with van der Waals surface area (Å²) in [5, 5.41) is 0.538. The molecule has 0 amide bonds. The molecule has 0 unspecified atom stereocenters. The van der Waals surface area contributed by atoms with Gasteiger partial charge in [-0.15, -0.1) is 6.58 Å². The van der Waals surface area contributed by atoms with Gasteiger partial charge in [0.2, 0.25) is 0 Å². The Balaban J connectivity index is 2.67. The van der Waals surface area contributed by atoms with Crippen molar-refractivity contribution in [2.75, 3.05) is 6.61 Å². The molecule has 21 heavy (non-hydrogen) atoms. The van der Waals surface area contributed by atoms with Crippen molar-refractivity contribution in [3.05, 3.63) is 36.5 Å². The normalized spacial score (nSPS) is 11.8. The van der Waals surface area contributed by atoms with Crippen LogP contribution in [0.15, 0.2) is 41.4 Å². The Labute approximate surface area is 129 Å². The smallest absolute Gasteiger partial charge is 0.263 e. The van der Waals surface area contributed by atoms with E-state index in [0.717, 1.165) is 17.5 Å². The fraction of sp³-hybridized carbons (Fsp3) is 0.333. The highest BCUT2D eigenvalue weighted by Gasteiger charge is 2.21. The molecule has 0 aliphatic rings. The first-order valence-corrected chi connectivity index (χ1v) is 8.99. The maximum Gasteiger partial charge on any atom is 0.263 e. The average molecular weight is 328 g/mol. The molecule has 0 N–H and O–H groups in total. The number of benzene rings is 1.